The molecule has 0 atom stereocenters. The number of nitrogens with one attached hydrogen (secondary N) is 1. The van der Waals surface area contributed by atoms with Crippen molar-refractivity contribution in [3.63, 3.8) is 0 Å². The molecule has 0 bridgehead atoms. The molecule has 0 radical (unpaired) electrons. The minimum Gasteiger partial charge on any atom is -0.490 e. The van der Waals surface area contributed by atoms with Crippen LogP contribution < -0.4 is 4.74 Å². The van der Waals surface area contributed by atoms with Crippen LogP contribution in [0.25, 0.3) is 33.3 Å². The van der Waals surface area contributed by atoms with E-state index < -0.39 is 0 Å². The molecule has 4 rings (SSSR count). The van der Waals surface area contributed by atoms with Crippen LogP contribution in [0.2, 0.25) is 0 Å². The molecule has 1 N–H and O–H groups in total. The molecule has 0 spiro atoms. The van der Waals surface area contributed by atoms with E-state index in [0.29, 0.717) is 0 Å². The lowest BCUT2D eigenvalue weighted by molar-refractivity contribution is 0.245. The second kappa shape index (κ2) is 6.72. The maximum absolute atomic E-state index is 5.99. The Morgan fingerprint density at radius 2 is 1.46 bits per heavy atom. The molecule has 0 unspecified atom stereocenters. The van der Waals surface area contributed by atoms with Crippen molar-refractivity contribution in [3.8, 4) is 28.3 Å². The molecule has 0 aliphatic carbocycles. The van der Waals surface area contributed by atoms with Gasteiger partial charge in [-0.2, -0.15) is 0 Å². The van der Waals surface area contributed by atoms with Crippen molar-refractivity contribution >= 4 is 10.8 Å². The average Bonchev–Trinajstić information content (AvgIpc) is 3.12. The third-order valence-electron chi connectivity index (χ3n) is 4.56. The summed E-state index contributed by atoms with van der Waals surface area (Å²) in [6, 6.07) is 25.6. The molecule has 26 heavy (non-hydrogen) atoms. The molecule has 0 saturated heterocycles. The first-order chi connectivity index (χ1) is 12.6. The number of aryl methyl sites for hydroxylation is 1. The highest BCUT2D eigenvalue weighted by Gasteiger charge is 2.08. The Morgan fingerprint density at radius 1 is 0.769 bits per heavy atom. The first-order valence-corrected chi connectivity index (χ1v) is 9.06. The van der Waals surface area contributed by atoms with Crippen LogP contribution >= 0.6 is 0 Å². The van der Waals surface area contributed by atoms with Crippen molar-refractivity contribution in [1.29, 1.82) is 0 Å². The molecule has 2 nitrogen and oxygen atoms in total. The van der Waals surface area contributed by atoms with Gasteiger partial charge in [0.1, 0.15) is 5.75 Å². The summed E-state index contributed by atoms with van der Waals surface area (Å²) in [5.41, 5.74) is 5.88. The van der Waals surface area contributed by atoms with Gasteiger partial charge in [0.2, 0.25) is 0 Å². The number of H-pyrrole nitrogens is 1. The van der Waals surface area contributed by atoms with Crippen LogP contribution in [0.1, 0.15) is 19.4 Å². The predicted molar refractivity (Wildman–Crippen MR) is 110 cm³/mol. The van der Waals surface area contributed by atoms with Crippen molar-refractivity contribution in [1.82, 2.24) is 4.98 Å². The first-order valence-electron chi connectivity index (χ1n) is 9.06. The van der Waals surface area contributed by atoms with E-state index in [-0.39, 0.29) is 6.10 Å². The molecule has 4 aromatic rings. The van der Waals surface area contributed by atoms with Gasteiger partial charge >= 0.3 is 0 Å². The Hall–Kier alpha value is -3.00. The summed E-state index contributed by atoms with van der Waals surface area (Å²) < 4.78 is 5.99. The smallest absolute Gasteiger partial charge is 0.127 e. The SMILES string of the molecule is Cc1ccc(-c2ccc(-c3ccc4cccc(OC(C)C)c4c3)[nH]2)cc1. The molecule has 3 aromatic carbocycles. The molecular weight excluding hydrogens is 318 g/mol. The molecule has 1 heterocycles. The highest BCUT2D eigenvalue weighted by Crippen LogP contribution is 2.32. The molecule has 0 amide bonds. The number of benzene rings is 3. The quantitative estimate of drug-likeness (QED) is 0.444. The van der Waals surface area contributed by atoms with Crippen molar-refractivity contribution in [2.45, 2.75) is 26.9 Å². The maximum atomic E-state index is 5.99. The summed E-state index contributed by atoms with van der Waals surface area (Å²) in [5, 5.41) is 2.34. The van der Waals surface area contributed by atoms with E-state index in [1.54, 1.807) is 0 Å². The van der Waals surface area contributed by atoms with E-state index in [2.05, 4.69) is 86.4 Å². The Balaban J connectivity index is 1.74. The van der Waals surface area contributed by atoms with Crippen LogP contribution in [0.5, 0.6) is 5.75 Å². The van der Waals surface area contributed by atoms with Gasteiger partial charge in [-0.1, -0.05) is 54.1 Å². The summed E-state index contributed by atoms with van der Waals surface area (Å²) in [5.74, 6) is 0.935. The zero-order valence-electron chi connectivity index (χ0n) is 15.4. The lowest BCUT2D eigenvalue weighted by atomic mass is 10.0. The molecule has 2 heteroatoms. The average molecular weight is 341 g/mol. The van der Waals surface area contributed by atoms with Crippen molar-refractivity contribution in [3.05, 3.63) is 78.4 Å². The van der Waals surface area contributed by atoms with Gasteiger partial charge in [-0.3, -0.25) is 0 Å². The van der Waals surface area contributed by atoms with Crippen LogP contribution in [-0.2, 0) is 0 Å². The fourth-order valence-corrected chi connectivity index (χ4v) is 3.23. The molecule has 0 aliphatic rings. The van der Waals surface area contributed by atoms with Crippen LogP contribution in [0, 0.1) is 6.92 Å². The number of aromatic amines is 1. The van der Waals surface area contributed by atoms with Crippen LogP contribution in [0.3, 0.4) is 0 Å². The third kappa shape index (κ3) is 3.23. The molecular formula is C24H23NO. The standard InChI is InChI=1S/C24H23NO/c1-16(2)26-24-6-4-5-18-11-12-20(15-21(18)24)23-14-13-22(25-23)19-9-7-17(3)8-10-19/h4-16,25H,1-3H3. The van der Waals surface area contributed by atoms with Gasteiger partial charge < -0.3 is 9.72 Å². The zero-order valence-corrected chi connectivity index (χ0v) is 15.4. The van der Waals surface area contributed by atoms with Gasteiger partial charge in [0, 0.05) is 16.8 Å². The Kier molecular flexibility index (Phi) is 4.26. The molecule has 1 aromatic heterocycles. The number of hydrogen-bond donors (Lipinski definition) is 1. The lowest BCUT2D eigenvalue weighted by Crippen LogP contribution is -2.05. The Labute approximate surface area is 154 Å². The van der Waals surface area contributed by atoms with Crippen molar-refractivity contribution in [2.24, 2.45) is 0 Å². The summed E-state index contributed by atoms with van der Waals surface area (Å²) in [7, 11) is 0. The number of rotatable bonds is 4. The van der Waals surface area contributed by atoms with E-state index in [1.165, 1.54) is 16.5 Å². The normalized spacial score (nSPS) is 11.2. The van der Waals surface area contributed by atoms with Gasteiger partial charge in [0.25, 0.3) is 0 Å². The van der Waals surface area contributed by atoms with Gasteiger partial charge in [-0.25, -0.2) is 0 Å². The Morgan fingerprint density at radius 3 is 2.19 bits per heavy atom. The highest BCUT2D eigenvalue weighted by atomic mass is 16.5. The van der Waals surface area contributed by atoms with Crippen LogP contribution in [-0.4, -0.2) is 11.1 Å². The minimum absolute atomic E-state index is 0.155. The number of ether oxygens (including phenoxy) is 1. The van der Waals surface area contributed by atoms with Gasteiger partial charge in [0.05, 0.1) is 6.10 Å². The number of hydrogen-bond acceptors (Lipinski definition) is 1. The molecule has 0 fully saturated rings. The van der Waals surface area contributed by atoms with Crippen molar-refractivity contribution in [2.75, 3.05) is 0 Å². The summed E-state index contributed by atoms with van der Waals surface area (Å²) in [6.45, 7) is 6.22. The molecule has 130 valence electrons. The summed E-state index contributed by atoms with van der Waals surface area (Å²) in [4.78, 5) is 3.55. The van der Waals surface area contributed by atoms with E-state index in [9.17, 15) is 0 Å². The van der Waals surface area contributed by atoms with Gasteiger partial charge in [-0.05, 0) is 61.5 Å². The third-order valence-corrected chi connectivity index (χ3v) is 4.56. The molecule has 0 saturated carbocycles. The van der Waals surface area contributed by atoms with E-state index >= 15 is 0 Å². The maximum Gasteiger partial charge on any atom is 0.127 e. The highest BCUT2D eigenvalue weighted by molar-refractivity contribution is 5.92. The lowest BCUT2D eigenvalue weighted by Gasteiger charge is -2.13. The van der Waals surface area contributed by atoms with E-state index in [0.717, 1.165) is 28.1 Å². The van der Waals surface area contributed by atoms with Gasteiger partial charge in [-0.15, -0.1) is 0 Å². The molecule has 0 aliphatic heterocycles. The minimum atomic E-state index is 0.155. The monoisotopic (exact) mass is 341 g/mol. The van der Waals surface area contributed by atoms with Crippen LogP contribution in [0.15, 0.2) is 72.8 Å². The number of aromatic nitrogens is 1. The second-order valence-electron chi connectivity index (χ2n) is 7.01. The summed E-state index contributed by atoms with van der Waals surface area (Å²) in [6.07, 6.45) is 0.155. The first kappa shape index (κ1) is 16.5. The Bertz CT molecular complexity index is 1040. The fourth-order valence-electron chi connectivity index (χ4n) is 3.23. The van der Waals surface area contributed by atoms with Crippen molar-refractivity contribution < 1.29 is 4.74 Å². The second-order valence-corrected chi connectivity index (χ2v) is 7.01. The van der Waals surface area contributed by atoms with E-state index in [4.69, 9.17) is 4.74 Å². The number of fused-ring (bicyclic) bond motifs is 1. The topological polar surface area (TPSA) is 25.0 Å². The predicted octanol–water partition coefficient (Wildman–Crippen LogP) is 6.60. The van der Waals surface area contributed by atoms with Gasteiger partial charge in [0.15, 0.2) is 0 Å². The summed E-state index contributed by atoms with van der Waals surface area (Å²) >= 11 is 0. The largest absolute Gasteiger partial charge is 0.490 e. The van der Waals surface area contributed by atoms with E-state index in [1.807, 2.05) is 12.1 Å². The fraction of sp³-hybridized carbons (Fsp3) is 0.167. The zero-order chi connectivity index (χ0) is 18.1. The van der Waals surface area contributed by atoms with Crippen LogP contribution in [0.4, 0.5) is 0 Å².